The molecule has 1 heterocycles. The highest BCUT2D eigenvalue weighted by Gasteiger charge is 2.09. The molecule has 0 aliphatic carbocycles. The van der Waals surface area contributed by atoms with Gasteiger partial charge in [0.15, 0.2) is 0 Å². The fourth-order valence-electron chi connectivity index (χ4n) is 2.30. The first-order chi connectivity index (χ1) is 10.6. The van der Waals surface area contributed by atoms with Crippen LogP contribution in [0.2, 0.25) is 0 Å². The minimum atomic E-state index is 0.0779. The lowest BCUT2D eigenvalue weighted by Gasteiger charge is -2.19. The Morgan fingerprint density at radius 3 is 2.64 bits per heavy atom. The van der Waals surface area contributed by atoms with Gasteiger partial charge in [0.25, 0.3) is 0 Å². The van der Waals surface area contributed by atoms with Gasteiger partial charge < -0.3 is 10.2 Å². The maximum atomic E-state index is 11.9. The molecular formula is C17H23N3OS. The van der Waals surface area contributed by atoms with Crippen LogP contribution in [0.4, 0.5) is 5.69 Å². The van der Waals surface area contributed by atoms with Gasteiger partial charge in [0.2, 0.25) is 5.91 Å². The number of hydrogen-bond donors (Lipinski definition) is 1. The van der Waals surface area contributed by atoms with Crippen LogP contribution in [-0.4, -0.2) is 31.0 Å². The van der Waals surface area contributed by atoms with Crippen molar-refractivity contribution in [1.82, 2.24) is 10.3 Å². The molecule has 0 radical (unpaired) electrons. The number of amides is 1. The van der Waals surface area contributed by atoms with E-state index in [4.69, 9.17) is 0 Å². The van der Waals surface area contributed by atoms with E-state index in [1.165, 1.54) is 5.69 Å². The number of aryl methyl sites for hydroxylation is 2. The van der Waals surface area contributed by atoms with E-state index in [9.17, 15) is 4.79 Å². The van der Waals surface area contributed by atoms with Crippen LogP contribution in [-0.2, 0) is 11.2 Å². The predicted molar refractivity (Wildman–Crippen MR) is 92.6 cm³/mol. The summed E-state index contributed by atoms with van der Waals surface area (Å²) < 4.78 is 0. The van der Waals surface area contributed by atoms with Gasteiger partial charge in [-0.05, 0) is 32.4 Å². The molecule has 0 unspecified atom stereocenters. The van der Waals surface area contributed by atoms with Crippen LogP contribution < -0.4 is 10.2 Å². The molecule has 0 bridgehead atoms. The van der Waals surface area contributed by atoms with Crippen molar-refractivity contribution in [1.29, 1.82) is 0 Å². The zero-order valence-corrected chi connectivity index (χ0v) is 14.2. The van der Waals surface area contributed by atoms with Crippen molar-refractivity contribution < 1.29 is 4.79 Å². The van der Waals surface area contributed by atoms with Crippen molar-refractivity contribution in [2.24, 2.45) is 0 Å². The quantitative estimate of drug-likeness (QED) is 0.799. The van der Waals surface area contributed by atoms with E-state index >= 15 is 0 Å². The molecule has 1 aromatic carbocycles. The van der Waals surface area contributed by atoms with Gasteiger partial charge in [-0.3, -0.25) is 4.79 Å². The molecule has 118 valence electrons. The number of thiazole rings is 1. The number of hydrogen-bond acceptors (Lipinski definition) is 4. The summed E-state index contributed by atoms with van der Waals surface area (Å²) in [5, 5.41) is 4.01. The third-order valence-corrected chi connectivity index (χ3v) is 4.58. The van der Waals surface area contributed by atoms with Crippen LogP contribution >= 0.6 is 11.3 Å². The van der Waals surface area contributed by atoms with Crippen molar-refractivity contribution in [3.8, 4) is 0 Å². The van der Waals surface area contributed by atoms with E-state index in [1.807, 2.05) is 32.0 Å². The van der Waals surface area contributed by atoms with E-state index < -0.39 is 0 Å². The largest absolute Gasteiger partial charge is 0.375 e. The molecule has 0 saturated carbocycles. The summed E-state index contributed by atoms with van der Waals surface area (Å²) in [6.45, 7) is 5.55. The zero-order valence-electron chi connectivity index (χ0n) is 13.4. The minimum absolute atomic E-state index is 0.0779. The van der Waals surface area contributed by atoms with Gasteiger partial charge in [-0.1, -0.05) is 18.2 Å². The van der Waals surface area contributed by atoms with Crippen molar-refractivity contribution in [3.05, 3.63) is 45.9 Å². The Bertz CT molecular complexity index is 610. The second kappa shape index (κ2) is 7.94. The summed E-state index contributed by atoms with van der Waals surface area (Å²) in [7, 11) is 2.07. The summed E-state index contributed by atoms with van der Waals surface area (Å²) in [6, 6.07) is 10.3. The van der Waals surface area contributed by atoms with Gasteiger partial charge in [0, 0.05) is 30.7 Å². The molecule has 1 amide bonds. The number of carbonyl (C=O) groups is 1. The summed E-state index contributed by atoms with van der Waals surface area (Å²) >= 11 is 1.60. The van der Waals surface area contributed by atoms with E-state index in [1.54, 1.807) is 11.3 Å². The normalized spacial score (nSPS) is 10.5. The molecule has 0 fully saturated rings. The SMILES string of the molecule is Cc1nc(C)c(CC(=O)NCCCN(C)c2ccccc2)s1. The monoisotopic (exact) mass is 317 g/mol. The molecular weight excluding hydrogens is 294 g/mol. The summed E-state index contributed by atoms with van der Waals surface area (Å²) in [4.78, 5) is 19.6. The van der Waals surface area contributed by atoms with Gasteiger partial charge >= 0.3 is 0 Å². The lowest BCUT2D eigenvalue weighted by molar-refractivity contribution is -0.120. The number of nitrogens with zero attached hydrogens (tertiary/aromatic N) is 2. The highest BCUT2D eigenvalue weighted by molar-refractivity contribution is 7.11. The van der Waals surface area contributed by atoms with Crippen molar-refractivity contribution in [2.45, 2.75) is 26.7 Å². The molecule has 2 aromatic rings. The minimum Gasteiger partial charge on any atom is -0.375 e. The smallest absolute Gasteiger partial charge is 0.225 e. The Morgan fingerprint density at radius 2 is 2.00 bits per heavy atom. The fourth-order valence-corrected chi connectivity index (χ4v) is 3.24. The number of benzene rings is 1. The maximum absolute atomic E-state index is 11.9. The second-order valence-electron chi connectivity index (χ2n) is 5.38. The average Bonchev–Trinajstić information content (AvgIpc) is 2.82. The Kier molecular flexibility index (Phi) is 5.95. The fraction of sp³-hybridized carbons (Fsp3) is 0.412. The molecule has 0 aliphatic rings. The molecule has 0 aliphatic heterocycles. The van der Waals surface area contributed by atoms with E-state index in [-0.39, 0.29) is 5.91 Å². The molecule has 22 heavy (non-hydrogen) atoms. The van der Waals surface area contributed by atoms with Crippen molar-refractivity contribution in [2.75, 3.05) is 25.0 Å². The van der Waals surface area contributed by atoms with Crippen LogP contribution in [0.15, 0.2) is 30.3 Å². The Hall–Kier alpha value is -1.88. The Balaban J connectivity index is 1.68. The Morgan fingerprint density at radius 1 is 1.27 bits per heavy atom. The molecule has 0 spiro atoms. The van der Waals surface area contributed by atoms with Crippen molar-refractivity contribution in [3.63, 3.8) is 0 Å². The standard InChI is InChI=1S/C17H23N3OS/c1-13-16(22-14(2)19-13)12-17(21)18-10-7-11-20(3)15-8-5-4-6-9-15/h4-6,8-9H,7,10-12H2,1-3H3,(H,18,21). The van der Waals surface area contributed by atoms with E-state index in [2.05, 4.69) is 34.4 Å². The van der Waals surface area contributed by atoms with E-state index in [0.717, 1.165) is 28.5 Å². The second-order valence-corrected chi connectivity index (χ2v) is 6.67. The number of anilines is 1. The molecule has 1 aromatic heterocycles. The maximum Gasteiger partial charge on any atom is 0.225 e. The molecule has 2 rings (SSSR count). The topological polar surface area (TPSA) is 45.2 Å². The van der Waals surface area contributed by atoms with Gasteiger partial charge in [-0.2, -0.15) is 0 Å². The first-order valence-corrected chi connectivity index (χ1v) is 8.33. The van der Waals surface area contributed by atoms with E-state index in [0.29, 0.717) is 13.0 Å². The van der Waals surface area contributed by atoms with Gasteiger partial charge in [0.05, 0.1) is 17.1 Å². The number of carbonyl (C=O) groups excluding carboxylic acids is 1. The third kappa shape index (κ3) is 4.84. The van der Waals surface area contributed by atoms with Crippen LogP contribution in [0.25, 0.3) is 0 Å². The van der Waals surface area contributed by atoms with Gasteiger partial charge in [-0.15, -0.1) is 11.3 Å². The number of rotatable bonds is 7. The number of nitrogens with one attached hydrogen (secondary N) is 1. The molecule has 5 heteroatoms. The van der Waals surface area contributed by atoms with Crippen LogP contribution in [0, 0.1) is 13.8 Å². The molecule has 1 N–H and O–H groups in total. The van der Waals surface area contributed by atoms with Crippen LogP contribution in [0.5, 0.6) is 0 Å². The Labute approximate surface area is 136 Å². The number of para-hydroxylation sites is 1. The van der Waals surface area contributed by atoms with Gasteiger partial charge in [-0.25, -0.2) is 4.98 Å². The summed E-state index contributed by atoms with van der Waals surface area (Å²) in [5.41, 5.74) is 2.17. The highest BCUT2D eigenvalue weighted by Crippen LogP contribution is 2.17. The zero-order chi connectivity index (χ0) is 15.9. The van der Waals surface area contributed by atoms with Crippen molar-refractivity contribution >= 4 is 22.9 Å². The van der Waals surface area contributed by atoms with Crippen LogP contribution in [0.3, 0.4) is 0 Å². The first kappa shape index (κ1) is 16.5. The predicted octanol–water partition coefficient (Wildman–Crippen LogP) is 2.95. The highest BCUT2D eigenvalue weighted by atomic mass is 32.1. The van der Waals surface area contributed by atoms with Gasteiger partial charge in [0.1, 0.15) is 0 Å². The summed E-state index contributed by atoms with van der Waals surface area (Å²) in [6.07, 6.45) is 1.36. The number of aromatic nitrogens is 1. The molecule has 0 saturated heterocycles. The third-order valence-electron chi connectivity index (χ3n) is 3.51. The first-order valence-electron chi connectivity index (χ1n) is 7.52. The average molecular weight is 317 g/mol. The molecule has 0 atom stereocenters. The molecule has 4 nitrogen and oxygen atoms in total. The lowest BCUT2D eigenvalue weighted by Crippen LogP contribution is -2.29. The lowest BCUT2D eigenvalue weighted by atomic mass is 10.2. The summed E-state index contributed by atoms with van der Waals surface area (Å²) in [5.74, 6) is 0.0779. The van der Waals surface area contributed by atoms with Crippen LogP contribution in [0.1, 0.15) is 22.0 Å².